The van der Waals surface area contributed by atoms with Crippen molar-refractivity contribution in [3.8, 4) is 5.75 Å². The molecular formula is C12H16FNO3. The standard InChI is InChI=1S/C12H16FNO3/c1-3-9(12(15)16)14-10-6-5-8(13)7-11(10)17-4-2/h5-7,9,14H,3-4H2,1-2H3,(H,15,16). The molecule has 1 atom stereocenters. The third kappa shape index (κ3) is 3.62. The number of carboxylic acid groups (broad SMARTS) is 1. The molecule has 0 fully saturated rings. The van der Waals surface area contributed by atoms with Crippen LogP contribution in [0.25, 0.3) is 0 Å². The first-order valence-corrected chi connectivity index (χ1v) is 5.50. The summed E-state index contributed by atoms with van der Waals surface area (Å²) in [5, 5.41) is 11.8. The van der Waals surface area contributed by atoms with Gasteiger partial charge in [-0.05, 0) is 25.5 Å². The first kappa shape index (κ1) is 13.3. The number of halogens is 1. The zero-order valence-corrected chi connectivity index (χ0v) is 9.87. The molecule has 0 aliphatic heterocycles. The molecule has 0 saturated heterocycles. The van der Waals surface area contributed by atoms with Crippen molar-refractivity contribution < 1.29 is 19.0 Å². The fourth-order valence-electron chi connectivity index (χ4n) is 1.42. The highest BCUT2D eigenvalue weighted by Crippen LogP contribution is 2.26. The maximum absolute atomic E-state index is 13.0. The SMILES string of the molecule is CCOc1cc(F)ccc1NC(CC)C(=O)O. The van der Waals surface area contributed by atoms with Gasteiger partial charge in [0, 0.05) is 6.07 Å². The van der Waals surface area contributed by atoms with Crippen LogP contribution >= 0.6 is 0 Å². The van der Waals surface area contributed by atoms with Gasteiger partial charge in [-0.1, -0.05) is 6.92 Å². The summed E-state index contributed by atoms with van der Waals surface area (Å²) in [5.41, 5.74) is 0.488. The molecular weight excluding hydrogens is 225 g/mol. The van der Waals surface area contributed by atoms with Crippen molar-refractivity contribution in [2.24, 2.45) is 0 Å². The van der Waals surface area contributed by atoms with Gasteiger partial charge in [0.2, 0.25) is 0 Å². The molecule has 0 spiro atoms. The molecule has 0 amide bonds. The molecule has 1 aromatic rings. The van der Waals surface area contributed by atoms with Crippen molar-refractivity contribution in [2.75, 3.05) is 11.9 Å². The fraction of sp³-hybridized carbons (Fsp3) is 0.417. The maximum Gasteiger partial charge on any atom is 0.326 e. The zero-order valence-electron chi connectivity index (χ0n) is 9.87. The van der Waals surface area contributed by atoms with Crippen LogP contribution in [0.15, 0.2) is 18.2 Å². The first-order valence-electron chi connectivity index (χ1n) is 5.50. The molecule has 4 nitrogen and oxygen atoms in total. The quantitative estimate of drug-likeness (QED) is 0.803. The third-order valence-corrected chi connectivity index (χ3v) is 2.28. The van der Waals surface area contributed by atoms with E-state index in [1.165, 1.54) is 18.2 Å². The Balaban J connectivity index is 2.92. The highest BCUT2D eigenvalue weighted by molar-refractivity contribution is 5.78. The minimum absolute atomic E-state index is 0.326. The number of rotatable bonds is 6. The van der Waals surface area contributed by atoms with Gasteiger partial charge in [-0.25, -0.2) is 9.18 Å². The lowest BCUT2D eigenvalue weighted by atomic mass is 10.2. The highest BCUT2D eigenvalue weighted by Gasteiger charge is 2.16. The molecule has 0 radical (unpaired) electrons. The average molecular weight is 241 g/mol. The van der Waals surface area contributed by atoms with Gasteiger partial charge in [0.05, 0.1) is 12.3 Å². The summed E-state index contributed by atoms with van der Waals surface area (Å²) >= 11 is 0. The zero-order chi connectivity index (χ0) is 12.8. The van der Waals surface area contributed by atoms with Crippen LogP contribution in [0.5, 0.6) is 5.75 Å². The topological polar surface area (TPSA) is 58.6 Å². The van der Waals surface area contributed by atoms with Crippen LogP contribution in [0.4, 0.5) is 10.1 Å². The summed E-state index contributed by atoms with van der Waals surface area (Å²) in [6.07, 6.45) is 0.429. The molecule has 0 saturated carbocycles. The fourth-order valence-corrected chi connectivity index (χ4v) is 1.42. The van der Waals surface area contributed by atoms with Crippen LogP contribution in [-0.4, -0.2) is 23.7 Å². The second kappa shape index (κ2) is 6.08. The Labute approximate surface area is 99.4 Å². The Morgan fingerprint density at radius 3 is 2.76 bits per heavy atom. The second-order valence-corrected chi connectivity index (χ2v) is 3.52. The monoisotopic (exact) mass is 241 g/mol. The van der Waals surface area contributed by atoms with E-state index in [1.807, 2.05) is 0 Å². The smallest absolute Gasteiger partial charge is 0.326 e. The lowest BCUT2D eigenvalue weighted by molar-refractivity contribution is -0.137. The summed E-state index contributed by atoms with van der Waals surface area (Å²) < 4.78 is 18.3. The number of aliphatic carboxylic acids is 1. The van der Waals surface area contributed by atoms with Crippen molar-refractivity contribution in [2.45, 2.75) is 26.3 Å². The number of carbonyl (C=O) groups is 1. The molecule has 1 rings (SSSR count). The maximum atomic E-state index is 13.0. The summed E-state index contributed by atoms with van der Waals surface area (Å²) in [4.78, 5) is 10.9. The molecule has 0 heterocycles. The van der Waals surface area contributed by atoms with Gasteiger partial charge < -0.3 is 15.2 Å². The van der Waals surface area contributed by atoms with E-state index in [4.69, 9.17) is 9.84 Å². The van der Waals surface area contributed by atoms with Crippen molar-refractivity contribution in [1.82, 2.24) is 0 Å². The largest absolute Gasteiger partial charge is 0.492 e. The summed E-state index contributed by atoms with van der Waals surface area (Å²) in [6, 6.07) is 3.27. The van der Waals surface area contributed by atoms with E-state index in [0.717, 1.165) is 0 Å². The lowest BCUT2D eigenvalue weighted by Crippen LogP contribution is -2.28. The molecule has 0 aliphatic rings. The van der Waals surface area contributed by atoms with Crippen LogP contribution in [0.3, 0.4) is 0 Å². The normalized spacial score (nSPS) is 11.9. The first-order chi connectivity index (χ1) is 8.08. The van der Waals surface area contributed by atoms with Gasteiger partial charge >= 0.3 is 5.97 Å². The Bertz CT molecular complexity index is 395. The van der Waals surface area contributed by atoms with Gasteiger partial charge in [0.1, 0.15) is 17.6 Å². The van der Waals surface area contributed by atoms with Crippen molar-refractivity contribution in [3.05, 3.63) is 24.0 Å². The van der Waals surface area contributed by atoms with Crippen molar-refractivity contribution >= 4 is 11.7 Å². The number of hydrogen-bond donors (Lipinski definition) is 2. The Morgan fingerprint density at radius 1 is 1.53 bits per heavy atom. The molecule has 1 unspecified atom stereocenters. The third-order valence-electron chi connectivity index (χ3n) is 2.28. The van der Waals surface area contributed by atoms with Gasteiger partial charge in [0.15, 0.2) is 0 Å². The number of carboxylic acids is 1. The number of hydrogen-bond acceptors (Lipinski definition) is 3. The number of benzene rings is 1. The van der Waals surface area contributed by atoms with Crippen LogP contribution in [0.2, 0.25) is 0 Å². The van der Waals surface area contributed by atoms with E-state index >= 15 is 0 Å². The summed E-state index contributed by atoms with van der Waals surface area (Å²) in [6.45, 7) is 3.93. The van der Waals surface area contributed by atoms with Gasteiger partial charge in [-0.15, -0.1) is 0 Å². The van der Waals surface area contributed by atoms with E-state index < -0.39 is 17.8 Å². The molecule has 1 aromatic carbocycles. The van der Waals surface area contributed by atoms with E-state index in [0.29, 0.717) is 24.5 Å². The number of ether oxygens (including phenoxy) is 1. The van der Waals surface area contributed by atoms with E-state index in [9.17, 15) is 9.18 Å². The Hall–Kier alpha value is -1.78. The van der Waals surface area contributed by atoms with Crippen LogP contribution < -0.4 is 10.1 Å². The minimum atomic E-state index is -0.945. The average Bonchev–Trinajstić information content (AvgIpc) is 2.28. The molecule has 94 valence electrons. The second-order valence-electron chi connectivity index (χ2n) is 3.52. The minimum Gasteiger partial charge on any atom is -0.492 e. The Kier molecular flexibility index (Phi) is 4.75. The van der Waals surface area contributed by atoms with Crippen molar-refractivity contribution in [1.29, 1.82) is 0 Å². The van der Waals surface area contributed by atoms with E-state index in [-0.39, 0.29) is 0 Å². The molecule has 0 bridgehead atoms. The molecule has 5 heteroatoms. The molecule has 0 aliphatic carbocycles. The number of nitrogens with one attached hydrogen (secondary N) is 1. The Morgan fingerprint density at radius 2 is 2.24 bits per heavy atom. The van der Waals surface area contributed by atoms with E-state index in [1.54, 1.807) is 13.8 Å². The predicted molar refractivity (Wildman–Crippen MR) is 62.9 cm³/mol. The van der Waals surface area contributed by atoms with Gasteiger partial charge in [-0.2, -0.15) is 0 Å². The lowest BCUT2D eigenvalue weighted by Gasteiger charge is -2.17. The molecule has 2 N–H and O–H groups in total. The van der Waals surface area contributed by atoms with Gasteiger partial charge in [-0.3, -0.25) is 0 Å². The summed E-state index contributed by atoms with van der Waals surface area (Å²) in [7, 11) is 0. The predicted octanol–water partition coefficient (Wildman–Crippen LogP) is 2.50. The van der Waals surface area contributed by atoms with Crippen molar-refractivity contribution in [3.63, 3.8) is 0 Å². The highest BCUT2D eigenvalue weighted by atomic mass is 19.1. The van der Waals surface area contributed by atoms with Crippen LogP contribution in [0, 0.1) is 5.82 Å². The van der Waals surface area contributed by atoms with E-state index in [2.05, 4.69) is 5.32 Å². The molecule has 17 heavy (non-hydrogen) atoms. The summed E-state index contributed by atoms with van der Waals surface area (Å²) in [5.74, 6) is -1.03. The number of anilines is 1. The van der Waals surface area contributed by atoms with Crippen LogP contribution in [0.1, 0.15) is 20.3 Å². The van der Waals surface area contributed by atoms with Crippen LogP contribution in [-0.2, 0) is 4.79 Å². The molecule has 0 aromatic heterocycles. The van der Waals surface area contributed by atoms with Gasteiger partial charge in [0.25, 0.3) is 0 Å².